The molecule has 18 heavy (non-hydrogen) atoms. The summed E-state index contributed by atoms with van der Waals surface area (Å²) in [6, 6.07) is 0. The van der Waals surface area contributed by atoms with Crippen LogP contribution in [-0.4, -0.2) is 48.1 Å². The third-order valence-electron chi connectivity index (χ3n) is 3.22. The third-order valence-corrected chi connectivity index (χ3v) is 3.22. The molecule has 0 heterocycles. The maximum absolute atomic E-state index is 11.5. The van der Waals surface area contributed by atoms with E-state index >= 15 is 0 Å². The summed E-state index contributed by atoms with van der Waals surface area (Å²) in [7, 11) is 2.57. The molecule has 0 aliphatic heterocycles. The van der Waals surface area contributed by atoms with Gasteiger partial charge in [-0.25, -0.2) is 0 Å². The molecule has 8 nitrogen and oxygen atoms in total. The van der Waals surface area contributed by atoms with Crippen molar-refractivity contribution in [1.29, 1.82) is 0 Å². The Bertz CT molecular complexity index is 361. The van der Waals surface area contributed by atoms with E-state index in [2.05, 4.69) is 10.6 Å². The fourth-order valence-electron chi connectivity index (χ4n) is 2.35. The summed E-state index contributed by atoms with van der Waals surface area (Å²) in [6.45, 7) is 0. The number of carboxylic acids is 2. The van der Waals surface area contributed by atoms with Crippen molar-refractivity contribution >= 4 is 23.8 Å². The fourth-order valence-corrected chi connectivity index (χ4v) is 2.35. The number of nitrogens with one attached hydrogen (secondary N) is 2. The van der Waals surface area contributed by atoms with E-state index in [0.717, 1.165) is 0 Å². The summed E-state index contributed by atoms with van der Waals surface area (Å²) in [5.74, 6) is -9.16. The quantitative estimate of drug-likeness (QED) is 0.466. The summed E-state index contributed by atoms with van der Waals surface area (Å²) in [4.78, 5) is 45.1. The molecule has 0 aromatic rings. The van der Waals surface area contributed by atoms with Crippen molar-refractivity contribution in [3.63, 3.8) is 0 Å². The van der Waals surface area contributed by atoms with Gasteiger partial charge in [0.15, 0.2) is 0 Å². The van der Waals surface area contributed by atoms with Gasteiger partial charge in [-0.3, -0.25) is 19.2 Å². The maximum atomic E-state index is 11.5. The standard InChI is InChI=1S/C10H14N2O6/c1-11-7(13)3-5(9(15)16)4(8(14)12-2)6(3)10(17)18/h3-6H,1-2H3,(H,11,13)(H,12,14)(H,15,16)(H,17,18). The molecule has 1 aliphatic carbocycles. The molecular formula is C10H14N2O6. The first-order chi connectivity index (χ1) is 8.36. The number of hydrogen-bond donors (Lipinski definition) is 4. The predicted molar refractivity (Wildman–Crippen MR) is 57.4 cm³/mol. The van der Waals surface area contributed by atoms with Gasteiger partial charge in [0, 0.05) is 14.1 Å². The van der Waals surface area contributed by atoms with Gasteiger partial charge in [-0.1, -0.05) is 0 Å². The first-order valence-corrected chi connectivity index (χ1v) is 5.25. The van der Waals surface area contributed by atoms with Crippen molar-refractivity contribution < 1.29 is 29.4 Å². The molecule has 0 aromatic carbocycles. The Morgan fingerprint density at radius 2 is 1.00 bits per heavy atom. The average molecular weight is 258 g/mol. The van der Waals surface area contributed by atoms with Crippen LogP contribution in [0.15, 0.2) is 0 Å². The molecule has 1 fully saturated rings. The Kier molecular flexibility index (Phi) is 3.89. The number of aliphatic carboxylic acids is 2. The van der Waals surface area contributed by atoms with E-state index in [-0.39, 0.29) is 0 Å². The van der Waals surface area contributed by atoms with Gasteiger partial charge in [0.05, 0.1) is 23.7 Å². The Hall–Kier alpha value is -2.12. The third kappa shape index (κ3) is 2.01. The van der Waals surface area contributed by atoms with E-state index < -0.39 is 47.4 Å². The predicted octanol–water partition coefficient (Wildman–Crippen LogP) is -1.87. The fraction of sp³-hybridized carbons (Fsp3) is 0.600. The molecule has 1 saturated carbocycles. The molecule has 0 radical (unpaired) electrons. The van der Waals surface area contributed by atoms with Crippen LogP contribution < -0.4 is 10.6 Å². The second-order valence-electron chi connectivity index (χ2n) is 4.01. The molecule has 0 spiro atoms. The number of carboxylic acid groups (broad SMARTS) is 2. The molecule has 0 bridgehead atoms. The van der Waals surface area contributed by atoms with Crippen LogP contribution in [0, 0.1) is 23.7 Å². The van der Waals surface area contributed by atoms with Gasteiger partial charge in [0.25, 0.3) is 0 Å². The topological polar surface area (TPSA) is 133 Å². The number of carbonyl (C=O) groups excluding carboxylic acids is 2. The minimum atomic E-state index is -1.35. The zero-order chi connectivity index (χ0) is 14.0. The number of carbonyl (C=O) groups is 4. The second-order valence-corrected chi connectivity index (χ2v) is 4.01. The van der Waals surface area contributed by atoms with Gasteiger partial charge in [-0.2, -0.15) is 0 Å². The van der Waals surface area contributed by atoms with Crippen LogP contribution in [-0.2, 0) is 19.2 Å². The monoisotopic (exact) mass is 258 g/mol. The van der Waals surface area contributed by atoms with Crippen molar-refractivity contribution in [3.8, 4) is 0 Å². The maximum Gasteiger partial charge on any atom is 0.308 e. The van der Waals surface area contributed by atoms with Crippen LogP contribution >= 0.6 is 0 Å². The SMILES string of the molecule is CNC(=O)C1C(C(=O)O)C(C(=O)NC)C1C(=O)O. The van der Waals surface area contributed by atoms with Crippen molar-refractivity contribution in [1.82, 2.24) is 10.6 Å². The molecule has 2 amide bonds. The van der Waals surface area contributed by atoms with Crippen molar-refractivity contribution in [3.05, 3.63) is 0 Å². The number of amides is 2. The summed E-state index contributed by atoms with van der Waals surface area (Å²) < 4.78 is 0. The number of rotatable bonds is 4. The first-order valence-electron chi connectivity index (χ1n) is 5.25. The van der Waals surface area contributed by atoms with Gasteiger partial charge in [-0.15, -0.1) is 0 Å². The molecule has 0 saturated heterocycles. The highest BCUT2D eigenvalue weighted by molar-refractivity contribution is 5.99. The van der Waals surface area contributed by atoms with Gasteiger partial charge in [0.2, 0.25) is 11.8 Å². The average Bonchev–Trinajstić information content (AvgIpc) is 2.25. The highest BCUT2D eigenvalue weighted by Crippen LogP contribution is 2.46. The Morgan fingerprint density at radius 1 is 0.722 bits per heavy atom. The van der Waals surface area contributed by atoms with E-state index in [1.54, 1.807) is 0 Å². The van der Waals surface area contributed by atoms with Crippen LogP contribution in [0.3, 0.4) is 0 Å². The molecule has 1 aliphatic rings. The first kappa shape index (κ1) is 13.9. The lowest BCUT2D eigenvalue weighted by Gasteiger charge is -2.44. The molecule has 0 unspecified atom stereocenters. The van der Waals surface area contributed by atoms with Gasteiger partial charge < -0.3 is 20.8 Å². The summed E-state index contributed by atoms with van der Waals surface area (Å²) in [6.07, 6.45) is 0. The Balaban J connectivity index is 3.10. The lowest BCUT2D eigenvalue weighted by atomic mass is 9.55. The van der Waals surface area contributed by atoms with Crippen LogP contribution in [0.5, 0.6) is 0 Å². The lowest BCUT2D eigenvalue weighted by molar-refractivity contribution is -0.180. The zero-order valence-corrected chi connectivity index (χ0v) is 9.84. The van der Waals surface area contributed by atoms with Crippen LogP contribution in [0.1, 0.15) is 0 Å². The molecule has 100 valence electrons. The van der Waals surface area contributed by atoms with E-state index in [1.807, 2.05) is 0 Å². The van der Waals surface area contributed by atoms with Gasteiger partial charge >= 0.3 is 11.9 Å². The molecule has 0 aromatic heterocycles. The Labute approximate surface area is 102 Å². The zero-order valence-electron chi connectivity index (χ0n) is 9.84. The molecule has 8 heteroatoms. The normalized spacial score (nSPS) is 29.9. The van der Waals surface area contributed by atoms with E-state index in [4.69, 9.17) is 10.2 Å². The highest BCUT2D eigenvalue weighted by atomic mass is 16.4. The highest BCUT2D eigenvalue weighted by Gasteiger charge is 2.63. The minimum absolute atomic E-state index is 0.685. The van der Waals surface area contributed by atoms with Crippen molar-refractivity contribution in [2.45, 2.75) is 0 Å². The van der Waals surface area contributed by atoms with E-state index in [0.29, 0.717) is 0 Å². The second kappa shape index (κ2) is 5.03. The smallest absolute Gasteiger partial charge is 0.308 e. The number of hydrogen-bond acceptors (Lipinski definition) is 4. The molecular weight excluding hydrogens is 244 g/mol. The van der Waals surface area contributed by atoms with Gasteiger partial charge in [0.1, 0.15) is 0 Å². The van der Waals surface area contributed by atoms with Crippen molar-refractivity contribution in [2.24, 2.45) is 23.7 Å². The molecule has 1 rings (SSSR count). The minimum Gasteiger partial charge on any atom is -0.481 e. The van der Waals surface area contributed by atoms with Crippen LogP contribution in [0.4, 0.5) is 0 Å². The lowest BCUT2D eigenvalue weighted by Crippen LogP contribution is -2.63. The van der Waals surface area contributed by atoms with Gasteiger partial charge in [-0.05, 0) is 0 Å². The van der Waals surface area contributed by atoms with Crippen LogP contribution in [0.2, 0.25) is 0 Å². The van der Waals surface area contributed by atoms with E-state index in [9.17, 15) is 19.2 Å². The Morgan fingerprint density at radius 3 is 1.17 bits per heavy atom. The molecule has 4 N–H and O–H groups in total. The van der Waals surface area contributed by atoms with Crippen molar-refractivity contribution in [2.75, 3.05) is 14.1 Å². The summed E-state index contributed by atoms with van der Waals surface area (Å²) in [5, 5.41) is 22.5. The summed E-state index contributed by atoms with van der Waals surface area (Å²) >= 11 is 0. The van der Waals surface area contributed by atoms with Crippen LogP contribution in [0.25, 0.3) is 0 Å². The summed E-state index contributed by atoms with van der Waals surface area (Å²) in [5.41, 5.74) is 0. The van der Waals surface area contributed by atoms with E-state index in [1.165, 1.54) is 14.1 Å². The molecule has 0 atom stereocenters. The largest absolute Gasteiger partial charge is 0.481 e.